The van der Waals surface area contributed by atoms with Gasteiger partial charge in [-0.05, 0) is 51.0 Å². The average Bonchev–Trinajstić information content (AvgIpc) is 3.13. The summed E-state index contributed by atoms with van der Waals surface area (Å²) < 4.78 is 35.0. The Morgan fingerprint density at radius 2 is 1.94 bits per heavy atom. The number of hydrogen-bond donors (Lipinski definition) is 1. The summed E-state index contributed by atoms with van der Waals surface area (Å²) in [6, 6.07) is 6.69. The van der Waals surface area contributed by atoms with E-state index in [2.05, 4.69) is 9.97 Å². The summed E-state index contributed by atoms with van der Waals surface area (Å²) in [7, 11) is -4.17. The monoisotopic (exact) mass is 443 g/mol. The second kappa shape index (κ2) is 8.76. The molecule has 3 aromatic rings. The Kier molecular flexibility index (Phi) is 6.30. The third kappa shape index (κ3) is 4.53. The number of aryl methyl sites for hydroxylation is 3. The smallest absolute Gasteiger partial charge is 0.326 e. The lowest BCUT2D eigenvalue weighted by Crippen LogP contribution is -2.38. The number of carbonyl (C=O) groups is 1. The number of imidazole rings is 1. The van der Waals surface area contributed by atoms with Crippen LogP contribution in [-0.4, -0.2) is 42.1 Å². The van der Waals surface area contributed by atoms with Crippen LogP contribution in [0.15, 0.2) is 47.9 Å². The summed E-state index contributed by atoms with van der Waals surface area (Å²) in [4.78, 5) is 20.7. The molecular formula is C21H25N5O4S. The number of aromatic nitrogens is 3. The Morgan fingerprint density at radius 1 is 1.19 bits per heavy atom. The van der Waals surface area contributed by atoms with Crippen molar-refractivity contribution < 1.29 is 17.9 Å². The molecule has 0 saturated heterocycles. The van der Waals surface area contributed by atoms with Crippen molar-refractivity contribution in [2.24, 2.45) is 0 Å². The molecule has 0 aliphatic rings. The Hall–Kier alpha value is -3.40. The first-order valence-electron chi connectivity index (χ1n) is 9.66. The van der Waals surface area contributed by atoms with E-state index in [-0.39, 0.29) is 22.9 Å². The topological polar surface area (TPSA) is 120 Å². The van der Waals surface area contributed by atoms with Crippen LogP contribution in [0.2, 0.25) is 0 Å². The van der Waals surface area contributed by atoms with Gasteiger partial charge in [-0.3, -0.25) is 13.7 Å². The van der Waals surface area contributed by atoms with Crippen molar-refractivity contribution in [3.8, 4) is 5.82 Å². The number of benzene rings is 1. The van der Waals surface area contributed by atoms with Gasteiger partial charge in [-0.1, -0.05) is 12.1 Å². The number of esters is 1. The summed E-state index contributed by atoms with van der Waals surface area (Å²) >= 11 is 0. The molecule has 3 rings (SSSR count). The van der Waals surface area contributed by atoms with Gasteiger partial charge in [-0.2, -0.15) is 0 Å². The van der Waals surface area contributed by atoms with Crippen LogP contribution >= 0.6 is 0 Å². The second-order valence-electron chi connectivity index (χ2n) is 7.06. The van der Waals surface area contributed by atoms with E-state index in [1.54, 1.807) is 62.1 Å². The van der Waals surface area contributed by atoms with Crippen molar-refractivity contribution in [2.75, 3.05) is 23.2 Å². The summed E-state index contributed by atoms with van der Waals surface area (Å²) in [5, 5.41) is 0. The number of nitrogen functional groups attached to an aromatic ring is 1. The maximum atomic E-state index is 13.7. The van der Waals surface area contributed by atoms with Crippen molar-refractivity contribution in [3.05, 3.63) is 59.8 Å². The molecule has 9 nitrogen and oxygen atoms in total. The number of anilines is 2. The van der Waals surface area contributed by atoms with E-state index in [9.17, 15) is 13.2 Å². The van der Waals surface area contributed by atoms with Crippen LogP contribution in [0, 0.1) is 20.8 Å². The van der Waals surface area contributed by atoms with Crippen molar-refractivity contribution in [3.63, 3.8) is 0 Å². The first-order chi connectivity index (χ1) is 14.6. The van der Waals surface area contributed by atoms with Crippen LogP contribution in [0.4, 0.5) is 11.4 Å². The summed E-state index contributed by atoms with van der Waals surface area (Å²) in [5.41, 5.74) is 8.48. The predicted octanol–water partition coefficient (Wildman–Crippen LogP) is 2.53. The number of pyridine rings is 1. The van der Waals surface area contributed by atoms with E-state index < -0.39 is 22.5 Å². The zero-order valence-corrected chi connectivity index (χ0v) is 18.7. The predicted molar refractivity (Wildman–Crippen MR) is 118 cm³/mol. The molecular weight excluding hydrogens is 418 g/mol. The van der Waals surface area contributed by atoms with Gasteiger partial charge in [0.15, 0.2) is 0 Å². The molecule has 2 N–H and O–H groups in total. The largest absolute Gasteiger partial charge is 0.465 e. The highest BCUT2D eigenvalue weighted by atomic mass is 32.2. The maximum absolute atomic E-state index is 13.7. The molecule has 1 aromatic carbocycles. The fourth-order valence-corrected chi connectivity index (χ4v) is 4.89. The van der Waals surface area contributed by atoms with E-state index in [1.165, 1.54) is 6.20 Å². The lowest BCUT2D eigenvalue weighted by atomic mass is 10.1. The number of nitrogens with zero attached hydrogens (tertiary/aromatic N) is 4. The fourth-order valence-electron chi connectivity index (χ4n) is 3.24. The molecule has 0 aliphatic carbocycles. The number of para-hydroxylation sites is 1. The molecule has 0 radical (unpaired) electrons. The number of hydrogen-bond acceptors (Lipinski definition) is 7. The maximum Gasteiger partial charge on any atom is 0.326 e. The fraction of sp³-hybridized carbons (Fsp3) is 0.286. The lowest BCUT2D eigenvalue weighted by Gasteiger charge is -2.27. The minimum absolute atomic E-state index is 0.0277. The Bertz CT molecular complexity index is 1200. The van der Waals surface area contributed by atoms with E-state index in [0.717, 1.165) is 10.00 Å². The van der Waals surface area contributed by atoms with Crippen molar-refractivity contribution >= 4 is 27.4 Å². The number of nitrogens with two attached hydrogens (primary N) is 1. The Morgan fingerprint density at radius 3 is 2.52 bits per heavy atom. The molecule has 164 valence electrons. The molecule has 0 spiro atoms. The number of ether oxygens (including phenoxy) is 1. The average molecular weight is 444 g/mol. The van der Waals surface area contributed by atoms with Crippen LogP contribution in [0.25, 0.3) is 5.82 Å². The molecule has 2 heterocycles. The molecule has 0 aliphatic heterocycles. The van der Waals surface area contributed by atoms with E-state index >= 15 is 0 Å². The van der Waals surface area contributed by atoms with Crippen molar-refractivity contribution in [2.45, 2.75) is 32.6 Å². The normalized spacial score (nSPS) is 11.4. The van der Waals surface area contributed by atoms with Gasteiger partial charge in [0.05, 0.1) is 29.9 Å². The Labute approximate surface area is 181 Å². The van der Waals surface area contributed by atoms with Gasteiger partial charge in [0.1, 0.15) is 23.6 Å². The first kappa shape index (κ1) is 22.3. The van der Waals surface area contributed by atoms with Gasteiger partial charge in [0.2, 0.25) is 0 Å². The summed E-state index contributed by atoms with van der Waals surface area (Å²) in [6.45, 7) is 6.54. The van der Waals surface area contributed by atoms with Crippen LogP contribution in [0.3, 0.4) is 0 Å². The van der Waals surface area contributed by atoms with E-state index in [0.29, 0.717) is 16.9 Å². The molecule has 0 atom stereocenters. The number of carbonyl (C=O) groups excluding carboxylic acids is 1. The van der Waals surface area contributed by atoms with Crippen molar-refractivity contribution in [1.82, 2.24) is 14.5 Å². The molecule has 2 aromatic heterocycles. The van der Waals surface area contributed by atoms with Crippen LogP contribution < -0.4 is 10.0 Å². The van der Waals surface area contributed by atoms with Crippen LogP contribution in [0.1, 0.15) is 23.7 Å². The first-order valence-corrected chi connectivity index (χ1v) is 11.1. The quantitative estimate of drug-likeness (QED) is 0.440. The number of sulfonamides is 1. The SMILES string of the molecule is CCOC(=O)CN(c1c(C)cccc1N)S(=O)(=O)c1cnc(-n2cnc(C)c2)cc1C. The number of rotatable bonds is 7. The van der Waals surface area contributed by atoms with E-state index in [4.69, 9.17) is 10.5 Å². The summed E-state index contributed by atoms with van der Waals surface area (Å²) in [5.74, 6) is -0.144. The zero-order chi connectivity index (χ0) is 22.8. The summed E-state index contributed by atoms with van der Waals surface area (Å²) in [6.07, 6.45) is 4.67. The van der Waals surface area contributed by atoms with Crippen LogP contribution in [-0.2, 0) is 19.6 Å². The Balaban J connectivity index is 2.10. The van der Waals surface area contributed by atoms with Gasteiger partial charge >= 0.3 is 5.97 Å². The lowest BCUT2D eigenvalue weighted by molar-refractivity contribution is -0.141. The molecule has 0 saturated carbocycles. The van der Waals surface area contributed by atoms with Gasteiger partial charge < -0.3 is 10.5 Å². The molecule has 0 unspecified atom stereocenters. The molecule has 0 fully saturated rings. The highest BCUT2D eigenvalue weighted by Gasteiger charge is 2.31. The highest BCUT2D eigenvalue weighted by Crippen LogP contribution is 2.33. The van der Waals surface area contributed by atoms with Crippen LogP contribution in [0.5, 0.6) is 0 Å². The molecule has 0 amide bonds. The minimum Gasteiger partial charge on any atom is -0.465 e. The van der Waals surface area contributed by atoms with E-state index in [1.807, 2.05) is 6.92 Å². The molecule has 31 heavy (non-hydrogen) atoms. The molecule has 10 heteroatoms. The third-order valence-corrected chi connectivity index (χ3v) is 6.56. The standard InChI is InChI=1S/C21H25N5O4S/c1-5-30-20(27)12-26(21-14(2)7-6-8-17(21)22)31(28,29)18-10-23-19(9-15(18)3)25-11-16(4)24-13-25/h6-11,13H,5,12,22H2,1-4H3. The van der Waals surface area contributed by atoms with Crippen molar-refractivity contribution in [1.29, 1.82) is 0 Å². The minimum atomic E-state index is -4.17. The third-order valence-electron chi connectivity index (χ3n) is 4.69. The van der Waals surface area contributed by atoms with Gasteiger partial charge in [0.25, 0.3) is 10.0 Å². The van der Waals surface area contributed by atoms with Gasteiger partial charge in [0, 0.05) is 6.20 Å². The zero-order valence-electron chi connectivity index (χ0n) is 17.9. The van der Waals surface area contributed by atoms with Gasteiger partial charge in [-0.15, -0.1) is 0 Å². The van der Waals surface area contributed by atoms with Gasteiger partial charge in [-0.25, -0.2) is 18.4 Å². The second-order valence-corrected chi connectivity index (χ2v) is 8.89. The highest BCUT2D eigenvalue weighted by molar-refractivity contribution is 7.93. The molecule has 0 bridgehead atoms.